The molecule has 0 aromatic heterocycles. The Balaban J connectivity index is 0.999. The molecule has 3 nitrogen and oxygen atoms in total. The van der Waals surface area contributed by atoms with Gasteiger partial charge in [-0.25, -0.2) is 0 Å². The van der Waals surface area contributed by atoms with Gasteiger partial charge >= 0.3 is 7.12 Å². The molecule has 7 atom stereocenters. The minimum atomic E-state index is -0.0170. The Labute approximate surface area is 172 Å². The zero-order valence-corrected chi connectivity index (χ0v) is 18.4. The third-order valence-corrected chi connectivity index (χ3v) is 10.6. The molecular weight excluding hydrogens is 345 g/mol. The maximum atomic E-state index is 6.65. The molecule has 5 aliphatic carbocycles. The fraction of sp³-hybridized carbons (Fsp3) is 1.00. The van der Waals surface area contributed by atoms with Gasteiger partial charge < -0.3 is 14.2 Å². The second kappa shape index (κ2) is 6.23. The predicted octanol–water partition coefficient (Wildman–Crippen LogP) is 5.01. The van der Waals surface area contributed by atoms with Gasteiger partial charge in [-0.15, -0.1) is 0 Å². The van der Waals surface area contributed by atoms with Crippen LogP contribution >= 0.6 is 0 Å². The topological polar surface area (TPSA) is 21.7 Å². The third kappa shape index (κ3) is 2.73. The van der Waals surface area contributed by atoms with Crippen molar-refractivity contribution in [3.8, 4) is 0 Å². The van der Waals surface area contributed by atoms with Crippen LogP contribution in [0, 0.1) is 34.5 Å². The van der Waals surface area contributed by atoms with Crippen LogP contribution in [-0.2, 0) is 9.31 Å². The monoisotopic (exact) mass is 385 g/mol. The van der Waals surface area contributed by atoms with E-state index in [0.717, 1.165) is 29.5 Å². The van der Waals surface area contributed by atoms with Crippen LogP contribution in [0.4, 0.5) is 0 Å². The van der Waals surface area contributed by atoms with Gasteiger partial charge in [-0.2, -0.15) is 0 Å². The fourth-order valence-electron chi connectivity index (χ4n) is 8.45. The summed E-state index contributed by atoms with van der Waals surface area (Å²) in [5.41, 5.74) is 1.17. The van der Waals surface area contributed by atoms with E-state index >= 15 is 0 Å². The second-order valence-electron chi connectivity index (χ2n) is 12.4. The molecule has 2 aliphatic heterocycles. The number of rotatable bonds is 5. The lowest BCUT2D eigenvalue weighted by atomic mass is 9.43. The molecule has 0 aromatic rings. The van der Waals surface area contributed by atoms with Gasteiger partial charge in [-0.1, -0.05) is 20.3 Å². The molecular formula is C24H40BNO2. The molecule has 2 unspecified atom stereocenters. The van der Waals surface area contributed by atoms with Gasteiger partial charge in [0.2, 0.25) is 0 Å². The van der Waals surface area contributed by atoms with Crippen molar-refractivity contribution in [3.63, 3.8) is 0 Å². The zero-order chi connectivity index (χ0) is 19.1. The Kier molecular flexibility index (Phi) is 4.16. The Morgan fingerprint density at radius 3 is 2.61 bits per heavy atom. The first-order valence-electron chi connectivity index (χ1n) is 12.4. The molecule has 0 aromatic carbocycles. The summed E-state index contributed by atoms with van der Waals surface area (Å²) in [7, 11) is 0.0700. The minimum absolute atomic E-state index is 0.0170. The normalized spacial score (nSPS) is 51.5. The summed E-state index contributed by atoms with van der Waals surface area (Å²) in [4.78, 5) is 2.76. The van der Waals surface area contributed by atoms with Crippen LogP contribution in [0.1, 0.15) is 78.6 Å². The van der Waals surface area contributed by atoms with Crippen molar-refractivity contribution in [3.05, 3.63) is 0 Å². The van der Waals surface area contributed by atoms with E-state index in [-0.39, 0.29) is 12.7 Å². The van der Waals surface area contributed by atoms with Gasteiger partial charge in [0.05, 0.1) is 11.7 Å². The number of likely N-dealkylation sites (tertiary alicyclic amines) is 1. The molecule has 5 saturated carbocycles. The highest BCUT2D eigenvalue weighted by Crippen LogP contribution is 2.66. The minimum Gasteiger partial charge on any atom is -0.405 e. The molecule has 28 heavy (non-hydrogen) atoms. The summed E-state index contributed by atoms with van der Waals surface area (Å²) in [6.45, 7) is 11.4. The van der Waals surface area contributed by atoms with E-state index in [1.807, 2.05) is 0 Å². The van der Waals surface area contributed by atoms with Crippen molar-refractivity contribution < 1.29 is 9.31 Å². The highest BCUT2D eigenvalue weighted by molar-refractivity contribution is 6.45. The first-order valence-corrected chi connectivity index (χ1v) is 12.4. The molecule has 0 N–H and O–H groups in total. The van der Waals surface area contributed by atoms with Crippen LogP contribution in [0.3, 0.4) is 0 Å². The lowest BCUT2D eigenvalue weighted by Crippen LogP contribution is -2.65. The van der Waals surface area contributed by atoms with Gasteiger partial charge in [-0.3, -0.25) is 0 Å². The molecule has 0 amide bonds. The Hall–Kier alpha value is -0.0551. The lowest BCUT2D eigenvalue weighted by Gasteiger charge is -2.64. The van der Waals surface area contributed by atoms with Gasteiger partial charge in [0.1, 0.15) is 0 Å². The van der Waals surface area contributed by atoms with Crippen LogP contribution in [0.25, 0.3) is 0 Å². The second-order valence-corrected chi connectivity index (χ2v) is 12.4. The van der Waals surface area contributed by atoms with E-state index in [4.69, 9.17) is 9.31 Å². The molecule has 0 radical (unpaired) electrons. The fourth-order valence-corrected chi connectivity index (χ4v) is 8.45. The number of hydrogen-bond acceptors (Lipinski definition) is 3. The maximum Gasteiger partial charge on any atom is 0.457 e. The van der Waals surface area contributed by atoms with E-state index < -0.39 is 0 Å². The third-order valence-electron chi connectivity index (χ3n) is 10.6. The standard InChI is InChI=1S/C24H40BNO2/c1-22(2)18-13-20(22)23(3)21(14-18)27-25(28-23)9-7-17-6-8-24(15-19(24)12-17)16-26-10-4-5-11-26/h17-21H,4-16H2,1-3H3/t17-,18+,19?,20+,21-,23+,24?/m0/s1. The summed E-state index contributed by atoms with van der Waals surface area (Å²) in [6.07, 6.45) is 14.2. The summed E-state index contributed by atoms with van der Waals surface area (Å²) in [5.74, 6) is 3.51. The molecule has 7 aliphatic rings. The maximum absolute atomic E-state index is 6.65. The average molecular weight is 385 g/mol. The summed E-state index contributed by atoms with van der Waals surface area (Å²) >= 11 is 0. The van der Waals surface area contributed by atoms with E-state index in [1.165, 1.54) is 77.4 Å². The van der Waals surface area contributed by atoms with Crippen molar-refractivity contribution in [1.29, 1.82) is 0 Å². The van der Waals surface area contributed by atoms with Gasteiger partial charge in [0, 0.05) is 6.54 Å². The summed E-state index contributed by atoms with van der Waals surface area (Å²) < 4.78 is 13.1. The SMILES string of the molecule is CC1(C)[C@H]2C[C@@H]3OB(CC[C@@H]4CCC5(CN6CCCC6)CC5C4)O[C@]3(C)[C@@H]1C2. The number of hydrogen-bond donors (Lipinski definition) is 0. The van der Waals surface area contributed by atoms with Crippen molar-refractivity contribution in [2.24, 2.45) is 34.5 Å². The summed E-state index contributed by atoms with van der Waals surface area (Å²) in [6, 6.07) is 0. The Morgan fingerprint density at radius 2 is 1.86 bits per heavy atom. The van der Waals surface area contributed by atoms with Crippen LogP contribution in [0.15, 0.2) is 0 Å². The van der Waals surface area contributed by atoms with E-state index in [9.17, 15) is 0 Å². The Bertz CT molecular complexity index is 634. The first-order chi connectivity index (χ1) is 13.4. The van der Waals surface area contributed by atoms with Crippen molar-refractivity contribution in [1.82, 2.24) is 4.90 Å². The number of nitrogens with zero attached hydrogens (tertiary/aromatic N) is 1. The molecule has 4 heteroatoms. The molecule has 2 bridgehead atoms. The molecule has 156 valence electrons. The van der Waals surface area contributed by atoms with Gasteiger partial charge in [0.25, 0.3) is 0 Å². The smallest absolute Gasteiger partial charge is 0.405 e. The first kappa shape index (κ1) is 18.7. The van der Waals surface area contributed by atoms with Crippen LogP contribution in [0.5, 0.6) is 0 Å². The highest BCUT2D eigenvalue weighted by Gasteiger charge is 2.67. The molecule has 2 heterocycles. The quantitative estimate of drug-likeness (QED) is 0.621. The Morgan fingerprint density at radius 1 is 1.04 bits per heavy atom. The lowest BCUT2D eigenvalue weighted by molar-refractivity contribution is -0.199. The number of fused-ring (bicyclic) bond motifs is 1. The van der Waals surface area contributed by atoms with E-state index in [1.54, 1.807) is 0 Å². The van der Waals surface area contributed by atoms with Crippen molar-refractivity contribution in [2.45, 2.75) is 96.6 Å². The average Bonchev–Trinajstić information content (AvgIpc) is 2.97. The highest BCUT2D eigenvalue weighted by atomic mass is 16.7. The summed E-state index contributed by atoms with van der Waals surface area (Å²) in [5, 5.41) is 0. The van der Waals surface area contributed by atoms with Crippen molar-refractivity contribution in [2.75, 3.05) is 19.6 Å². The zero-order valence-electron chi connectivity index (χ0n) is 18.4. The van der Waals surface area contributed by atoms with E-state index in [0.29, 0.717) is 17.4 Å². The largest absolute Gasteiger partial charge is 0.457 e. The molecule has 7 rings (SSSR count). The molecule has 2 saturated heterocycles. The van der Waals surface area contributed by atoms with Crippen LogP contribution in [-0.4, -0.2) is 43.4 Å². The van der Waals surface area contributed by atoms with Crippen LogP contribution in [0.2, 0.25) is 6.32 Å². The van der Waals surface area contributed by atoms with E-state index in [2.05, 4.69) is 25.7 Å². The van der Waals surface area contributed by atoms with Gasteiger partial charge in [0.15, 0.2) is 0 Å². The van der Waals surface area contributed by atoms with Crippen molar-refractivity contribution >= 4 is 7.12 Å². The molecule has 0 spiro atoms. The van der Waals surface area contributed by atoms with Crippen LogP contribution < -0.4 is 0 Å². The van der Waals surface area contributed by atoms with Gasteiger partial charge in [-0.05, 0) is 112 Å². The predicted molar refractivity (Wildman–Crippen MR) is 113 cm³/mol. The molecule has 7 fully saturated rings.